The highest BCUT2D eigenvalue weighted by Crippen LogP contribution is 2.26. The van der Waals surface area contributed by atoms with Crippen molar-refractivity contribution >= 4 is 11.8 Å². The van der Waals surface area contributed by atoms with Gasteiger partial charge in [0.25, 0.3) is 0 Å². The lowest BCUT2D eigenvalue weighted by atomic mass is 10.1. The van der Waals surface area contributed by atoms with Gasteiger partial charge in [-0.1, -0.05) is 0 Å². The van der Waals surface area contributed by atoms with Gasteiger partial charge in [-0.25, -0.2) is 9.67 Å². The van der Waals surface area contributed by atoms with E-state index in [4.69, 9.17) is 0 Å². The van der Waals surface area contributed by atoms with Crippen LogP contribution >= 0.6 is 11.8 Å². The number of aryl methyl sites for hydroxylation is 2. The third-order valence-electron chi connectivity index (χ3n) is 3.31. The summed E-state index contributed by atoms with van der Waals surface area (Å²) in [4.78, 5) is 4.66. The van der Waals surface area contributed by atoms with Crippen LogP contribution in [0.4, 0.5) is 0 Å². The van der Waals surface area contributed by atoms with Crippen molar-refractivity contribution in [3.05, 3.63) is 11.6 Å². The second kappa shape index (κ2) is 4.16. The number of aromatic nitrogens is 3. The van der Waals surface area contributed by atoms with Gasteiger partial charge in [-0.05, 0) is 36.7 Å². The minimum absolute atomic E-state index is 0.833. The molecule has 3 heterocycles. The van der Waals surface area contributed by atoms with E-state index < -0.39 is 0 Å². The number of fused-ring (bicyclic) bond motifs is 1. The van der Waals surface area contributed by atoms with Crippen molar-refractivity contribution in [3.8, 4) is 0 Å². The van der Waals surface area contributed by atoms with Gasteiger partial charge >= 0.3 is 0 Å². The predicted molar refractivity (Wildman–Crippen MR) is 62.1 cm³/mol. The molecule has 0 saturated carbocycles. The summed E-state index contributed by atoms with van der Waals surface area (Å²) in [6.45, 7) is 1.09. The molecule has 3 nitrogen and oxygen atoms in total. The average molecular weight is 223 g/mol. The first kappa shape index (κ1) is 9.70. The van der Waals surface area contributed by atoms with Crippen molar-refractivity contribution in [1.82, 2.24) is 14.8 Å². The number of thioether (sulfide) groups is 1. The van der Waals surface area contributed by atoms with Crippen molar-refractivity contribution in [2.45, 2.75) is 38.6 Å². The molecule has 3 rings (SSSR count). The Morgan fingerprint density at radius 3 is 3.20 bits per heavy atom. The van der Waals surface area contributed by atoms with Crippen LogP contribution < -0.4 is 0 Å². The Morgan fingerprint density at radius 2 is 2.40 bits per heavy atom. The molecule has 1 atom stereocenters. The van der Waals surface area contributed by atoms with Gasteiger partial charge in [-0.2, -0.15) is 16.9 Å². The Morgan fingerprint density at radius 1 is 1.40 bits per heavy atom. The first-order chi connectivity index (χ1) is 7.42. The van der Waals surface area contributed by atoms with Crippen LogP contribution in [-0.4, -0.2) is 26.3 Å². The van der Waals surface area contributed by atoms with Crippen LogP contribution in [0.2, 0.25) is 0 Å². The number of nitrogens with zero attached hydrogens (tertiary/aromatic N) is 3. The first-order valence-corrected chi connectivity index (χ1v) is 7.07. The summed E-state index contributed by atoms with van der Waals surface area (Å²) in [5.74, 6) is 5.79. The van der Waals surface area contributed by atoms with E-state index in [0.717, 1.165) is 31.1 Å². The molecule has 1 aromatic heterocycles. The minimum atomic E-state index is 0.833. The summed E-state index contributed by atoms with van der Waals surface area (Å²) in [5.41, 5.74) is 0. The Bertz CT molecular complexity index is 318. The standard InChI is InChI=1S/C11H17N3S/c1-2-5-14-11(3-1)12-10(13-14)7-9-4-6-15-8-9/h9H,1-8H2. The molecule has 2 aliphatic heterocycles. The number of hydrogen-bond acceptors (Lipinski definition) is 3. The smallest absolute Gasteiger partial charge is 0.151 e. The highest BCUT2D eigenvalue weighted by atomic mass is 32.2. The van der Waals surface area contributed by atoms with Gasteiger partial charge in [0.15, 0.2) is 5.82 Å². The zero-order chi connectivity index (χ0) is 10.1. The minimum Gasteiger partial charge on any atom is -0.250 e. The molecule has 1 aromatic rings. The molecule has 0 aliphatic carbocycles. The molecule has 2 aliphatic rings. The van der Waals surface area contributed by atoms with E-state index in [2.05, 4.69) is 26.5 Å². The molecule has 1 saturated heterocycles. The highest BCUT2D eigenvalue weighted by Gasteiger charge is 2.20. The molecule has 1 fully saturated rings. The third kappa shape index (κ3) is 2.05. The quantitative estimate of drug-likeness (QED) is 0.767. The molecule has 0 N–H and O–H groups in total. The zero-order valence-electron chi connectivity index (χ0n) is 8.98. The van der Waals surface area contributed by atoms with E-state index in [1.807, 2.05) is 0 Å². The maximum atomic E-state index is 4.66. The maximum Gasteiger partial charge on any atom is 0.151 e. The Kier molecular flexibility index (Phi) is 2.69. The van der Waals surface area contributed by atoms with Crippen LogP contribution in [0.15, 0.2) is 0 Å². The summed E-state index contributed by atoms with van der Waals surface area (Å²) in [5, 5.41) is 4.61. The normalized spacial score (nSPS) is 25.5. The fourth-order valence-electron chi connectivity index (χ4n) is 2.42. The monoisotopic (exact) mass is 223 g/mol. The topological polar surface area (TPSA) is 30.7 Å². The van der Waals surface area contributed by atoms with E-state index in [1.54, 1.807) is 0 Å². The van der Waals surface area contributed by atoms with Crippen LogP contribution in [0.3, 0.4) is 0 Å². The van der Waals surface area contributed by atoms with Crippen LogP contribution in [0.5, 0.6) is 0 Å². The van der Waals surface area contributed by atoms with E-state index in [-0.39, 0.29) is 0 Å². The lowest BCUT2D eigenvalue weighted by Gasteiger charge is -2.10. The molecule has 1 unspecified atom stereocenters. The fraction of sp³-hybridized carbons (Fsp3) is 0.818. The lowest BCUT2D eigenvalue weighted by molar-refractivity contribution is 0.476. The van der Waals surface area contributed by atoms with Crippen molar-refractivity contribution in [1.29, 1.82) is 0 Å². The number of rotatable bonds is 2. The van der Waals surface area contributed by atoms with Crippen molar-refractivity contribution in [2.24, 2.45) is 5.92 Å². The third-order valence-corrected chi connectivity index (χ3v) is 4.54. The molecule has 0 aromatic carbocycles. The van der Waals surface area contributed by atoms with Crippen molar-refractivity contribution in [3.63, 3.8) is 0 Å². The van der Waals surface area contributed by atoms with Gasteiger partial charge < -0.3 is 0 Å². The Labute approximate surface area is 94.7 Å². The first-order valence-electron chi connectivity index (χ1n) is 5.92. The Hall–Kier alpha value is -0.510. The summed E-state index contributed by atoms with van der Waals surface area (Å²) in [7, 11) is 0. The largest absolute Gasteiger partial charge is 0.250 e. The van der Waals surface area contributed by atoms with Gasteiger partial charge in [0.05, 0.1) is 0 Å². The average Bonchev–Trinajstić information content (AvgIpc) is 2.86. The van der Waals surface area contributed by atoms with Crippen molar-refractivity contribution in [2.75, 3.05) is 11.5 Å². The molecular formula is C11H17N3S. The van der Waals surface area contributed by atoms with Crippen molar-refractivity contribution < 1.29 is 0 Å². The molecule has 82 valence electrons. The highest BCUT2D eigenvalue weighted by molar-refractivity contribution is 7.99. The molecule has 0 radical (unpaired) electrons. The molecular weight excluding hydrogens is 206 g/mol. The molecule has 0 spiro atoms. The lowest BCUT2D eigenvalue weighted by Crippen LogP contribution is -2.11. The second-order valence-corrected chi connectivity index (χ2v) is 5.71. The van der Waals surface area contributed by atoms with E-state index in [1.165, 1.54) is 36.6 Å². The van der Waals surface area contributed by atoms with Gasteiger partial charge in [0, 0.05) is 19.4 Å². The van der Waals surface area contributed by atoms with E-state index in [0.29, 0.717) is 0 Å². The molecule has 0 amide bonds. The molecule has 4 heteroatoms. The predicted octanol–water partition coefficient (Wildman–Crippen LogP) is 1.91. The van der Waals surface area contributed by atoms with Gasteiger partial charge in [0.2, 0.25) is 0 Å². The molecule has 15 heavy (non-hydrogen) atoms. The number of hydrogen-bond donors (Lipinski definition) is 0. The van der Waals surface area contributed by atoms with Crippen LogP contribution in [-0.2, 0) is 19.4 Å². The second-order valence-electron chi connectivity index (χ2n) is 4.56. The van der Waals surface area contributed by atoms with Gasteiger partial charge in [-0.3, -0.25) is 0 Å². The maximum absolute atomic E-state index is 4.66. The van der Waals surface area contributed by atoms with Crippen LogP contribution in [0.1, 0.15) is 30.9 Å². The van der Waals surface area contributed by atoms with Crippen LogP contribution in [0.25, 0.3) is 0 Å². The van der Waals surface area contributed by atoms with Gasteiger partial charge in [-0.15, -0.1) is 0 Å². The van der Waals surface area contributed by atoms with E-state index in [9.17, 15) is 0 Å². The zero-order valence-corrected chi connectivity index (χ0v) is 9.80. The summed E-state index contributed by atoms with van der Waals surface area (Å²) < 4.78 is 2.13. The summed E-state index contributed by atoms with van der Waals surface area (Å²) in [6, 6.07) is 0. The summed E-state index contributed by atoms with van der Waals surface area (Å²) in [6.07, 6.45) is 6.15. The van der Waals surface area contributed by atoms with E-state index >= 15 is 0 Å². The Balaban J connectivity index is 1.72. The SMILES string of the molecule is C1CCn2nc(CC3CCSC3)nc2C1. The van der Waals surface area contributed by atoms with Gasteiger partial charge in [0.1, 0.15) is 5.82 Å². The fourth-order valence-corrected chi connectivity index (χ4v) is 3.71. The molecule has 0 bridgehead atoms. The van der Waals surface area contributed by atoms with Crippen LogP contribution in [0, 0.1) is 5.92 Å². The summed E-state index contributed by atoms with van der Waals surface area (Å²) >= 11 is 2.07.